The van der Waals surface area contributed by atoms with Gasteiger partial charge in [-0.05, 0) is 30.3 Å². The minimum absolute atomic E-state index is 0.0381. The van der Waals surface area contributed by atoms with Crippen molar-refractivity contribution >= 4 is 16.8 Å². The summed E-state index contributed by atoms with van der Waals surface area (Å²) in [5.41, 5.74) is 2.72. The standard InChI is InChI=1S/C17H17N3O/c1-20(12-9-13-5-2-3-10-18-13)17(21)15-6-4-7-16-14(15)8-11-19-16/h2-8,10-11,19H,9,12H2,1H3. The lowest BCUT2D eigenvalue weighted by Gasteiger charge is -2.17. The number of fused-ring (bicyclic) bond motifs is 1. The van der Waals surface area contributed by atoms with Crippen molar-refractivity contribution in [3.8, 4) is 0 Å². The zero-order valence-corrected chi connectivity index (χ0v) is 11.9. The van der Waals surface area contributed by atoms with Crippen LogP contribution in [0.25, 0.3) is 10.9 Å². The van der Waals surface area contributed by atoms with E-state index >= 15 is 0 Å². The van der Waals surface area contributed by atoms with E-state index in [-0.39, 0.29) is 5.91 Å². The third kappa shape index (κ3) is 2.79. The molecule has 4 heteroatoms. The number of aromatic amines is 1. The summed E-state index contributed by atoms with van der Waals surface area (Å²) in [6.45, 7) is 0.649. The van der Waals surface area contributed by atoms with Crippen LogP contribution in [0.1, 0.15) is 16.1 Å². The van der Waals surface area contributed by atoms with E-state index in [1.165, 1.54) is 0 Å². The molecule has 0 spiro atoms. The Kier molecular flexibility index (Phi) is 3.69. The predicted octanol–water partition coefficient (Wildman–Crippen LogP) is 2.88. The molecule has 106 valence electrons. The molecule has 1 N–H and O–H groups in total. The average Bonchev–Trinajstić information content (AvgIpc) is 3.01. The summed E-state index contributed by atoms with van der Waals surface area (Å²) < 4.78 is 0. The lowest BCUT2D eigenvalue weighted by Crippen LogP contribution is -2.29. The van der Waals surface area contributed by atoms with Gasteiger partial charge in [0.2, 0.25) is 0 Å². The molecule has 0 fully saturated rings. The molecule has 0 aliphatic heterocycles. The molecular weight excluding hydrogens is 262 g/mol. The highest BCUT2D eigenvalue weighted by Crippen LogP contribution is 2.18. The van der Waals surface area contributed by atoms with Gasteiger partial charge in [0, 0.05) is 54.6 Å². The number of pyridine rings is 1. The number of nitrogens with zero attached hydrogens (tertiary/aromatic N) is 2. The lowest BCUT2D eigenvalue weighted by molar-refractivity contribution is 0.0798. The zero-order chi connectivity index (χ0) is 14.7. The van der Waals surface area contributed by atoms with Crippen LogP contribution in [0, 0.1) is 0 Å². The summed E-state index contributed by atoms with van der Waals surface area (Å²) >= 11 is 0. The van der Waals surface area contributed by atoms with Crippen molar-refractivity contribution in [1.29, 1.82) is 0 Å². The lowest BCUT2D eigenvalue weighted by atomic mass is 10.1. The van der Waals surface area contributed by atoms with Gasteiger partial charge in [0.15, 0.2) is 0 Å². The number of carbonyl (C=O) groups is 1. The fraction of sp³-hybridized carbons (Fsp3) is 0.176. The van der Waals surface area contributed by atoms with Crippen molar-refractivity contribution < 1.29 is 4.79 Å². The number of aromatic nitrogens is 2. The molecule has 0 unspecified atom stereocenters. The van der Waals surface area contributed by atoms with E-state index in [0.717, 1.165) is 28.6 Å². The van der Waals surface area contributed by atoms with E-state index in [0.29, 0.717) is 6.54 Å². The minimum atomic E-state index is 0.0381. The Balaban J connectivity index is 1.74. The van der Waals surface area contributed by atoms with Crippen LogP contribution in [0.3, 0.4) is 0 Å². The molecule has 0 bridgehead atoms. The maximum absolute atomic E-state index is 12.6. The van der Waals surface area contributed by atoms with Crippen LogP contribution in [0.2, 0.25) is 0 Å². The van der Waals surface area contributed by atoms with Gasteiger partial charge < -0.3 is 9.88 Å². The minimum Gasteiger partial charge on any atom is -0.361 e. The predicted molar refractivity (Wildman–Crippen MR) is 83.2 cm³/mol. The van der Waals surface area contributed by atoms with Crippen LogP contribution < -0.4 is 0 Å². The first-order valence-corrected chi connectivity index (χ1v) is 6.97. The Bertz CT molecular complexity index is 749. The number of hydrogen-bond acceptors (Lipinski definition) is 2. The topological polar surface area (TPSA) is 49.0 Å². The van der Waals surface area contributed by atoms with Gasteiger partial charge in [-0.2, -0.15) is 0 Å². The molecule has 1 amide bonds. The van der Waals surface area contributed by atoms with E-state index in [1.807, 2.05) is 55.7 Å². The van der Waals surface area contributed by atoms with E-state index in [4.69, 9.17) is 0 Å². The largest absolute Gasteiger partial charge is 0.361 e. The number of rotatable bonds is 4. The number of carbonyl (C=O) groups excluding carboxylic acids is 1. The van der Waals surface area contributed by atoms with Crippen molar-refractivity contribution in [2.24, 2.45) is 0 Å². The summed E-state index contributed by atoms with van der Waals surface area (Å²) in [7, 11) is 1.83. The molecule has 0 radical (unpaired) electrons. The second-order valence-electron chi connectivity index (χ2n) is 5.04. The van der Waals surface area contributed by atoms with Crippen molar-refractivity contribution in [2.75, 3.05) is 13.6 Å². The van der Waals surface area contributed by atoms with Gasteiger partial charge in [-0.1, -0.05) is 12.1 Å². The first-order chi connectivity index (χ1) is 10.3. The van der Waals surface area contributed by atoms with Crippen molar-refractivity contribution in [3.63, 3.8) is 0 Å². The van der Waals surface area contributed by atoms with Gasteiger partial charge in [-0.15, -0.1) is 0 Å². The second kappa shape index (κ2) is 5.79. The fourth-order valence-corrected chi connectivity index (χ4v) is 2.41. The van der Waals surface area contributed by atoms with Crippen LogP contribution >= 0.6 is 0 Å². The van der Waals surface area contributed by atoms with Crippen LogP contribution in [-0.4, -0.2) is 34.4 Å². The Morgan fingerprint density at radius 1 is 1.19 bits per heavy atom. The highest BCUT2D eigenvalue weighted by atomic mass is 16.2. The summed E-state index contributed by atoms with van der Waals surface area (Å²) in [6.07, 6.45) is 4.39. The van der Waals surface area contributed by atoms with E-state index in [2.05, 4.69) is 9.97 Å². The van der Waals surface area contributed by atoms with Crippen molar-refractivity contribution in [3.05, 3.63) is 66.1 Å². The SMILES string of the molecule is CN(CCc1ccccn1)C(=O)c1cccc2[nH]ccc12. The molecule has 1 aromatic carbocycles. The van der Waals surface area contributed by atoms with Gasteiger partial charge in [0.05, 0.1) is 0 Å². The number of amides is 1. The Morgan fingerprint density at radius 3 is 2.90 bits per heavy atom. The summed E-state index contributed by atoms with van der Waals surface area (Å²) in [4.78, 5) is 21.7. The van der Waals surface area contributed by atoms with Gasteiger partial charge >= 0.3 is 0 Å². The van der Waals surface area contributed by atoms with Crippen molar-refractivity contribution in [2.45, 2.75) is 6.42 Å². The highest BCUT2D eigenvalue weighted by molar-refractivity contribution is 6.06. The van der Waals surface area contributed by atoms with Gasteiger partial charge in [0.1, 0.15) is 0 Å². The molecule has 2 aromatic heterocycles. The first kappa shape index (κ1) is 13.4. The van der Waals surface area contributed by atoms with Gasteiger partial charge in [0.25, 0.3) is 5.91 Å². The molecule has 0 atom stereocenters. The maximum atomic E-state index is 12.6. The van der Waals surface area contributed by atoms with E-state index < -0.39 is 0 Å². The normalized spacial score (nSPS) is 10.7. The number of H-pyrrole nitrogens is 1. The van der Waals surface area contributed by atoms with Crippen LogP contribution in [-0.2, 0) is 6.42 Å². The molecule has 3 rings (SSSR count). The monoisotopic (exact) mass is 279 g/mol. The Hall–Kier alpha value is -2.62. The number of nitrogens with one attached hydrogen (secondary N) is 1. The number of benzene rings is 1. The van der Waals surface area contributed by atoms with E-state index in [1.54, 1.807) is 11.1 Å². The summed E-state index contributed by atoms with van der Waals surface area (Å²) in [6, 6.07) is 13.5. The third-order valence-electron chi connectivity index (χ3n) is 3.60. The Labute approximate surface area is 123 Å². The van der Waals surface area contributed by atoms with Crippen LogP contribution in [0.15, 0.2) is 54.9 Å². The molecule has 0 aliphatic carbocycles. The van der Waals surface area contributed by atoms with Crippen LogP contribution in [0.5, 0.6) is 0 Å². The molecular formula is C17H17N3O. The smallest absolute Gasteiger partial charge is 0.254 e. The maximum Gasteiger partial charge on any atom is 0.254 e. The number of likely N-dealkylation sites (N-methyl/N-ethyl adjacent to an activating group) is 1. The molecule has 2 heterocycles. The van der Waals surface area contributed by atoms with Gasteiger partial charge in [-0.25, -0.2) is 0 Å². The first-order valence-electron chi connectivity index (χ1n) is 6.97. The summed E-state index contributed by atoms with van der Waals surface area (Å²) in [5.74, 6) is 0.0381. The fourth-order valence-electron chi connectivity index (χ4n) is 2.41. The van der Waals surface area contributed by atoms with E-state index in [9.17, 15) is 4.79 Å². The quantitative estimate of drug-likeness (QED) is 0.798. The average molecular weight is 279 g/mol. The zero-order valence-electron chi connectivity index (χ0n) is 11.9. The molecule has 0 saturated carbocycles. The summed E-state index contributed by atoms with van der Waals surface area (Å²) in [5, 5.41) is 0.965. The number of hydrogen-bond donors (Lipinski definition) is 1. The molecule has 4 nitrogen and oxygen atoms in total. The molecule has 21 heavy (non-hydrogen) atoms. The molecule has 0 aliphatic rings. The highest BCUT2D eigenvalue weighted by Gasteiger charge is 2.14. The van der Waals surface area contributed by atoms with Gasteiger partial charge in [-0.3, -0.25) is 9.78 Å². The second-order valence-corrected chi connectivity index (χ2v) is 5.04. The third-order valence-corrected chi connectivity index (χ3v) is 3.60. The van der Waals surface area contributed by atoms with Crippen LogP contribution in [0.4, 0.5) is 0 Å². The van der Waals surface area contributed by atoms with Crippen molar-refractivity contribution in [1.82, 2.24) is 14.9 Å². The molecule has 3 aromatic rings. The molecule has 0 saturated heterocycles. The Morgan fingerprint density at radius 2 is 2.10 bits per heavy atom.